The predicted molar refractivity (Wildman–Crippen MR) is 145 cm³/mol. The number of halogens is 1. The summed E-state index contributed by atoms with van der Waals surface area (Å²) in [5.41, 5.74) is 4.81. The Bertz CT molecular complexity index is 1390. The van der Waals surface area contributed by atoms with Crippen molar-refractivity contribution in [1.29, 1.82) is 0 Å². The largest absolute Gasteiger partial charge is 0.496 e. The van der Waals surface area contributed by atoms with Crippen molar-refractivity contribution in [3.63, 3.8) is 0 Å². The summed E-state index contributed by atoms with van der Waals surface area (Å²) in [6.45, 7) is 2.12. The number of carbonyl (C=O) groups excluding carboxylic acids is 3. The van der Waals surface area contributed by atoms with Crippen LogP contribution in [-0.2, 0) is 33.8 Å². The Kier molecular flexibility index (Phi) is 8.98. The number of esters is 1. The van der Waals surface area contributed by atoms with Crippen molar-refractivity contribution in [1.82, 2.24) is 5.43 Å². The van der Waals surface area contributed by atoms with Gasteiger partial charge < -0.3 is 19.5 Å². The number of fused-ring (bicyclic) bond motifs is 1. The van der Waals surface area contributed by atoms with Crippen LogP contribution in [-0.4, -0.2) is 37.7 Å². The van der Waals surface area contributed by atoms with Gasteiger partial charge in [-0.3, -0.25) is 9.59 Å². The number of hydrazone groups is 1. The van der Waals surface area contributed by atoms with Gasteiger partial charge in [-0.15, -0.1) is 11.3 Å². The number of hydrogen-bond acceptors (Lipinski definition) is 8. The molecule has 1 aromatic heterocycles. The highest BCUT2D eigenvalue weighted by Crippen LogP contribution is 2.39. The normalized spacial score (nSPS) is 12.2. The first-order chi connectivity index (χ1) is 18.4. The van der Waals surface area contributed by atoms with Gasteiger partial charge in [0.05, 0.1) is 30.5 Å². The number of hydrogen-bond donors (Lipinski definition) is 2. The molecular formula is C27H26ClN3O6S. The van der Waals surface area contributed by atoms with E-state index in [0.717, 1.165) is 35.3 Å². The number of carbonyl (C=O) groups is 3. The summed E-state index contributed by atoms with van der Waals surface area (Å²) in [5, 5.41) is 7.24. The first kappa shape index (κ1) is 27.2. The molecule has 1 heterocycles. The summed E-state index contributed by atoms with van der Waals surface area (Å²) in [4.78, 5) is 38.4. The van der Waals surface area contributed by atoms with Crippen LogP contribution in [0.2, 0.25) is 5.02 Å². The highest BCUT2D eigenvalue weighted by atomic mass is 35.5. The van der Waals surface area contributed by atoms with Gasteiger partial charge >= 0.3 is 17.8 Å². The molecule has 9 nitrogen and oxygen atoms in total. The van der Waals surface area contributed by atoms with Crippen molar-refractivity contribution < 1.29 is 28.6 Å². The monoisotopic (exact) mass is 555 g/mol. The number of nitrogens with one attached hydrogen (secondary N) is 2. The van der Waals surface area contributed by atoms with Crippen LogP contribution in [0.3, 0.4) is 0 Å². The second-order valence-corrected chi connectivity index (χ2v) is 9.74. The molecule has 0 fully saturated rings. The summed E-state index contributed by atoms with van der Waals surface area (Å²) < 4.78 is 16.4. The van der Waals surface area contributed by atoms with Crippen molar-refractivity contribution >= 4 is 51.9 Å². The zero-order valence-corrected chi connectivity index (χ0v) is 22.4. The SMILES string of the molecule is CCOC(=O)c1c(NC(=O)C(=O)N/N=C/c2ccc(OC)c(COc3ccccc3Cl)c2)sc2c1CCC2. The second-order valence-electron chi connectivity index (χ2n) is 8.23. The fraction of sp³-hybridized carbons (Fsp3) is 0.259. The van der Waals surface area contributed by atoms with Crippen LogP contribution in [0.5, 0.6) is 11.5 Å². The number of para-hydroxylation sites is 1. The highest BCUT2D eigenvalue weighted by Gasteiger charge is 2.29. The van der Waals surface area contributed by atoms with E-state index in [0.29, 0.717) is 32.6 Å². The smallest absolute Gasteiger partial charge is 0.341 e. The van der Waals surface area contributed by atoms with E-state index < -0.39 is 17.8 Å². The minimum Gasteiger partial charge on any atom is -0.496 e. The number of amides is 2. The molecular weight excluding hydrogens is 530 g/mol. The summed E-state index contributed by atoms with van der Waals surface area (Å²) >= 11 is 7.45. The Hall–Kier alpha value is -3.89. The maximum Gasteiger partial charge on any atom is 0.341 e. The first-order valence-electron chi connectivity index (χ1n) is 11.9. The third-order valence-electron chi connectivity index (χ3n) is 5.74. The molecule has 198 valence electrons. The molecule has 2 amide bonds. The van der Waals surface area contributed by atoms with E-state index in [1.54, 1.807) is 44.4 Å². The Labute approximate surface area is 228 Å². The molecule has 11 heteroatoms. The van der Waals surface area contributed by atoms with E-state index in [-0.39, 0.29) is 13.2 Å². The molecule has 2 N–H and O–H groups in total. The number of nitrogens with zero attached hydrogens (tertiary/aromatic N) is 1. The van der Waals surface area contributed by atoms with Gasteiger partial charge in [-0.05, 0) is 67.6 Å². The fourth-order valence-corrected chi connectivity index (χ4v) is 5.46. The molecule has 38 heavy (non-hydrogen) atoms. The second kappa shape index (κ2) is 12.6. The van der Waals surface area contributed by atoms with E-state index in [4.69, 9.17) is 25.8 Å². The van der Waals surface area contributed by atoms with Crippen LogP contribution >= 0.6 is 22.9 Å². The molecule has 1 aliphatic carbocycles. The number of methoxy groups -OCH3 is 1. The summed E-state index contributed by atoms with van der Waals surface area (Å²) in [6.07, 6.45) is 3.90. The Balaban J connectivity index is 1.39. The van der Waals surface area contributed by atoms with Crippen LogP contribution in [0.15, 0.2) is 47.6 Å². The van der Waals surface area contributed by atoms with Crippen LogP contribution in [0, 0.1) is 0 Å². The Morgan fingerprint density at radius 2 is 1.92 bits per heavy atom. The molecule has 1 aliphatic rings. The van der Waals surface area contributed by atoms with E-state index in [1.165, 1.54) is 17.6 Å². The fourth-order valence-electron chi connectivity index (χ4n) is 4.00. The summed E-state index contributed by atoms with van der Waals surface area (Å²) in [5.74, 6) is -1.26. The predicted octanol–water partition coefficient (Wildman–Crippen LogP) is 4.74. The molecule has 0 saturated heterocycles. The standard InChI is InChI=1S/C27H26ClN3O6S/c1-3-36-27(34)23-18-7-6-10-22(18)38-26(23)30-24(32)25(33)31-29-14-16-11-12-20(35-2)17(13-16)15-37-21-9-5-4-8-19(21)28/h4-5,8-9,11-14H,3,6-7,10,15H2,1-2H3,(H,30,32)(H,31,33)/b29-14+. The third-order valence-corrected chi connectivity index (χ3v) is 7.26. The van der Waals surface area contributed by atoms with Crippen LogP contribution < -0.4 is 20.2 Å². The van der Waals surface area contributed by atoms with E-state index in [2.05, 4.69) is 15.8 Å². The topological polar surface area (TPSA) is 115 Å². The van der Waals surface area contributed by atoms with Gasteiger partial charge in [-0.1, -0.05) is 23.7 Å². The van der Waals surface area contributed by atoms with Gasteiger partial charge in [0.15, 0.2) is 0 Å². The lowest BCUT2D eigenvalue weighted by Crippen LogP contribution is -2.32. The minimum atomic E-state index is -0.972. The van der Waals surface area contributed by atoms with Gasteiger partial charge in [-0.25, -0.2) is 10.2 Å². The maximum absolute atomic E-state index is 12.5. The Morgan fingerprint density at radius 3 is 2.68 bits per heavy atom. The number of aryl methyl sites for hydroxylation is 1. The zero-order chi connectivity index (χ0) is 27.1. The van der Waals surface area contributed by atoms with Crippen molar-refractivity contribution in [3.05, 3.63) is 74.6 Å². The quantitative estimate of drug-likeness (QED) is 0.170. The zero-order valence-electron chi connectivity index (χ0n) is 20.8. The molecule has 0 atom stereocenters. The Morgan fingerprint density at radius 1 is 1.11 bits per heavy atom. The van der Waals surface area contributed by atoms with Crippen molar-refractivity contribution in [2.75, 3.05) is 19.0 Å². The van der Waals surface area contributed by atoms with Gasteiger partial charge in [0, 0.05) is 10.4 Å². The average Bonchev–Trinajstić information content (AvgIpc) is 3.49. The lowest BCUT2D eigenvalue weighted by atomic mass is 10.1. The van der Waals surface area contributed by atoms with Crippen molar-refractivity contribution in [2.24, 2.45) is 5.10 Å². The maximum atomic E-state index is 12.5. The molecule has 4 rings (SSSR count). The lowest BCUT2D eigenvalue weighted by molar-refractivity contribution is -0.136. The lowest BCUT2D eigenvalue weighted by Gasteiger charge is -2.12. The van der Waals surface area contributed by atoms with E-state index >= 15 is 0 Å². The number of ether oxygens (including phenoxy) is 3. The molecule has 0 bridgehead atoms. The number of thiophene rings is 1. The molecule has 0 spiro atoms. The van der Waals surface area contributed by atoms with Crippen LogP contribution in [0.1, 0.15) is 45.3 Å². The van der Waals surface area contributed by atoms with Gasteiger partial charge in [0.2, 0.25) is 0 Å². The van der Waals surface area contributed by atoms with Gasteiger partial charge in [0.1, 0.15) is 23.1 Å². The minimum absolute atomic E-state index is 0.191. The molecule has 3 aromatic rings. The number of benzene rings is 2. The molecule has 0 unspecified atom stereocenters. The van der Waals surface area contributed by atoms with Gasteiger partial charge in [0.25, 0.3) is 0 Å². The highest BCUT2D eigenvalue weighted by molar-refractivity contribution is 7.17. The third kappa shape index (κ3) is 6.32. The van der Waals surface area contributed by atoms with Crippen molar-refractivity contribution in [3.8, 4) is 11.5 Å². The molecule has 0 aliphatic heterocycles. The number of rotatable bonds is 9. The van der Waals surface area contributed by atoms with E-state index in [9.17, 15) is 14.4 Å². The molecule has 2 aromatic carbocycles. The van der Waals surface area contributed by atoms with Crippen LogP contribution in [0.25, 0.3) is 0 Å². The first-order valence-corrected chi connectivity index (χ1v) is 13.1. The summed E-state index contributed by atoms with van der Waals surface area (Å²) in [6, 6.07) is 12.4. The average molecular weight is 556 g/mol. The van der Waals surface area contributed by atoms with Crippen LogP contribution in [0.4, 0.5) is 5.00 Å². The number of anilines is 1. The molecule has 0 radical (unpaired) electrons. The molecule has 0 saturated carbocycles. The van der Waals surface area contributed by atoms with E-state index in [1.807, 2.05) is 12.1 Å². The van der Waals surface area contributed by atoms with Gasteiger partial charge in [-0.2, -0.15) is 5.10 Å². The summed E-state index contributed by atoms with van der Waals surface area (Å²) in [7, 11) is 1.55. The van der Waals surface area contributed by atoms with Crippen molar-refractivity contribution in [2.45, 2.75) is 32.8 Å².